The summed E-state index contributed by atoms with van der Waals surface area (Å²) in [5, 5.41) is 15.1. The number of carboxylic acid groups (broad SMARTS) is 1. The van der Waals surface area contributed by atoms with Gasteiger partial charge in [0.25, 0.3) is 0 Å². The molecule has 0 saturated carbocycles. The number of carbonyl (C=O) groups excluding carboxylic acids is 1. The van der Waals surface area contributed by atoms with Crippen molar-refractivity contribution in [2.45, 2.75) is 18.9 Å². The summed E-state index contributed by atoms with van der Waals surface area (Å²) < 4.78 is 0.964. The van der Waals surface area contributed by atoms with E-state index in [0.29, 0.717) is 29.5 Å². The van der Waals surface area contributed by atoms with Crippen molar-refractivity contribution in [3.63, 3.8) is 0 Å². The topological polar surface area (TPSA) is 82.5 Å². The molecule has 1 aliphatic rings. The first kappa shape index (κ1) is 16.1. The van der Waals surface area contributed by atoms with Crippen LogP contribution in [0.3, 0.4) is 0 Å². The van der Waals surface area contributed by atoms with E-state index >= 15 is 0 Å². The third kappa shape index (κ3) is 2.89. The van der Waals surface area contributed by atoms with E-state index in [1.807, 2.05) is 30.3 Å². The summed E-state index contributed by atoms with van der Waals surface area (Å²) in [7, 11) is 0. The minimum absolute atomic E-state index is 0.327. The zero-order valence-corrected chi connectivity index (χ0v) is 14.6. The molecule has 0 aliphatic carbocycles. The molecule has 25 heavy (non-hydrogen) atoms. The smallest absolute Gasteiger partial charge is 0.407 e. The zero-order chi connectivity index (χ0) is 17.6. The molecule has 4 rings (SSSR count). The molecule has 2 N–H and O–H groups in total. The number of likely N-dealkylation sites (tertiary alicyclic amines) is 1. The van der Waals surface area contributed by atoms with E-state index in [1.54, 1.807) is 0 Å². The molecule has 1 fully saturated rings. The van der Waals surface area contributed by atoms with Crippen molar-refractivity contribution in [1.82, 2.24) is 9.88 Å². The SMILES string of the molecule is O=C(Nc1nc2ccc3cc(Cl)ccc3c2s1)C1CCCN1C(=O)O. The number of halogens is 1. The Labute approximate surface area is 152 Å². The van der Waals surface area contributed by atoms with Crippen LogP contribution < -0.4 is 5.32 Å². The maximum Gasteiger partial charge on any atom is 0.407 e. The first-order valence-corrected chi connectivity index (χ1v) is 9.01. The van der Waals surface area contributed by atoms with Crippen molar-refractivity contribution in [3.05, 3.63) is 35.4 Å². The summed E-state index contributed by atoms with van der Waals surface area (Å²) in [6.07, 6.45) is 0.157. The number of hydrogen-bond acceptors (Lipinski definition) is 4. The van der Waals surface area contributed by atoms with Crippen LogP contribution in [0.4, 0.5) is 9.93 Å². The standard InChI is InChI=1S/C17H14ClN3O3S/c18-10-4-5-11-9(8-10)3-6-12-14(11)25-16(19-12)20-15(22)13-2-1-7-21(13)17(23)24/h3-6,8,13H,1-2,7H2,(H,23,24)(H,19,20,22). The van der Waals surface area contributed by atoms with Gasteiger partial charge in [-0.15, -0.1) is 0 Å². The summed E-state index contributed by atoms with van der Waals surface area (Å²) in [4.78, 5) is 29.3. The zero-order valence-electron chi connectivity index (χ0n) is 13.0. The second-order valence-electron chi connectivity index (χ2n) is 5.92. The van der Waals surface area contributed by atoms with Crippen LogP contribution in [0, 0.1) is 0 Å². The largest absolute Gasteiger partial charge is 0.465 e. The quantitative estimate of drug-likeness (QED) is 0.703. The van der Waals surface area contributed by atoms with Crippen molar-refractivity contribution >= 4 is 61.1 Å². The molecular formula is C17H14ClN3O3S. The number of anilines is 1. The molecule has 3 aromatic rings. The summed E-state index contributed by atoms with van der Waals surface area (Å²) in [5.74, 6) is -0.327. The fraction of sp³-hybridized carbons (Fsp3) is 0.235. The predicted molar refractivity (Wildman–Crippen MR) is 98.5 cm³/mol. The van der Waals surface area contributed by atoms with Crippen LogP contribution in [0.25, 0.3) is 21.0 Å². The molecule has 1 unspecified atom stereocenters. The van der Waals surface area contributed by atoms with Crippen molar-refractivity contribution in [1.29, 1.82) is 0 Å². The van der Waals surface area contributed by atoms with Gasteiger partial charge in [0.05, 0.1) is 10.2 Å². The Kier molecular flexibility index (Phi) is 3.97. The molecule has 0 radical (unpaired) electrons. The van der Waals surface area contributed by atoms with E-state index in [9.17, 15) is 14.7 Å². The summed E-state index contributed by atoms with van der Waals surface area (Å²) in [6.45, 7) is 0.388. The Morgan fingerprint density at radius 3 is 2.96 bits per heavy atom. The lowest BCUT2D eigenvalue weighted by Crippen LogP contribution is -2.42. The molecule has 1 aromatic heterocycles. The van der Waals surface area contributed by atoms with E-state index in [1.165, 1.54) is 16.2 Å². The van der Waals surface area contributed by atoms with Crippen LogP contribution in [-0.2, 0) is 4.79 Å². The molecule has 1 atom stereocenters. The van der Waals surface area contributed by atoms with Crippen LogP contribution in [0.15, 0.2) is 30.3 Å². The molecule has 128 valence electrons. The first-order chi connectivity index (χ1) is 12.0. The van der Waals surface area contributed by atoms with Gasteiger partial charge in [-0.3, -0.25) is 9.69 Å². The lowest BCUT2D eigenvalue weighted by atomic mass is 10.1. The monoisotopic (exact) mass is 375 g/mol. The number of nitrogens with zero attached hydrogens (tertiary/aromatic N) is 2. The van der Waals surface area contributed by atoms with Gasteiger partial charge in [0, 0.05) is 17.0 Å². The van der Waals surface area contributed by atoms with Crippen molar-refractivity contribution in [2.24, 2.45) is 0 Å². The van der Waals surface area contributed by atoms with E-state index in [2.05, 4.69) is 10.3 Å². The van der Waals surface area contributed by atoms with Gasteiger partial charge in [-0.25, -0.2) is 9.78 Å². The van der Waals surface area contributed by atoms with Crippen molar-refractivity contribution in [3.8, 4) is 0 Å². The Balaban J connectivity index is 1.65. The van der Waals surface area contributed by atoms with E-state index in [0.717, 1.165) is 21.0 Å². The number of benzene rings is 2. The molecular weight excluding hydrogens is 362 g/mol. The second-order valence-corrected chi connectivity index (χ2v) is 7.36. The van der Waals surface area contributed by atoms with Gasteiger partial charge in [0.1, 0.15) is 6.04 Å². The molecule has 1 saturated heterocycles. The lowest BCUT2D eigenvalue weighted by molar-refractivity contribution is -0.119. The first-order valence-electron chi connectivity index (χ1n) is 7.82. The highest BCUT2D eigenvalue weighted by atomic mass is 35.5. The van der Waals surface area contributed by atoms with E-state index in [4.69, 9.17) is 11.6 Å². The number of hydrogen-bond donors (Lipinski definition) is 2. The Hall–Kier alpha value is -2.38. The van der Waals surface area contributed by atoms with Crippen LogP contribution in [0.1, 0.15) is 12.8 Å². The number of fused-ring (bicyclic) bond motifs is 3. The Morgan fingerprint density at radius 1 is 1.32 bits per heavy atom. The fourth-order valence-electron chi connectivity index (χ4n) is 3.20. The third-order valence-corrected chi connectivity index (χ3v) is 5.62. The average Bonchev–Trinajstić information content (AvgIpc) is 3.20. The number of carbonyl (C=O) groups is 2. The highest BCUT2D eigenvalue weighted by Crippen LogP contribution is 2.34. The number of rotatable bonds is 2. The molecule has 0 bridgehead atoms. The van der Waals surface area contributed by atoms with Gasteiger partial charge in [0.2, 0.25) is 5.91 Å². The summed E-state index contributed by atoms with van der Waals surface area (Å²) in [6, 6.07) is 8.83. The highest BCUT2D eigenvalue weighted by Gasteiger charge is 2.34. The Morgan fingerprint density at radius 2 is 2.16 bits per heavy atom. The van der Waals surface area contributed by atoms with Gasteiger partial charge in [-0.2, -0.15) is 0 Å². The molecule has 8 heteroatoms. The number of nitrogens with one attached hydrogen (secondary N) is 1. The summed E-state index contributed by atoms with van der Waals surface area (Å²) in [5.41, 5.74) is 0.789. The maximum atomic E-state index is 12.4. The minimum atomic E-state index is -1.06. The van der Waals surface area contributed by atoms with Crippen LogP contribution in [-0.4, -0.2) is 39.6 Å². The van der Waals surface area contributed by atoms with Gasteiger partial charge in [0.15, 0.2) is 5.13 Å². The third-order valence-electron chi connectivity index (χ3n) is 4.36. The molecule has 2 amide bonds. The summed E-state index contributed by atoms with van der Waals surface area (Å²) >= 11 is 7.41. The van der Waals surface area contributed by atoms with Gasteiger partial charge in [-0.1, -0.05) is 35.1 Å². The molecule has 2 heterocycles. The van der Waals surface area contributed by atoms with Crippen LogP contribution in [0.2, 0.25) is 5.02 Å². The number of amides is 2. The highest BCUT2D eigenvalue weighted by molar-refractivity contribution is 7.23. The van der Waals surface area contributed by atoms with Crippen LogP contribution in [0.5, 0.6) is 0 Å². The van der Waals surface area contributed by atoms with E-state index < -0.39 is 12.1 Å². The average molecular weight is 376 g/mol. The molecule has 1 aliphatic heterocycles. The van der Waals surface area contributed by atoms with Crippen LogP contribution >= 0.6 is 22.9 Å². The van der Waals surface area contributed by atoms with E-state index in [-0.39, 0.29) is 5.91 Å². The fourth-order valence-corrected chi connectivity index (χ4v) is 4.38. The number of thiazole rings is 1. The molecule has 6 nitrogen and oxygen atoms in total. The van der Waals surface area contributed by atoms with Gasteiger partial charge in [-0.05, 0) is 36.4 Å². The Bertz CT molecular complexity index is 1000. The molecule has 0 spiro atoms. The normalized spacial score (nSPS) is 17.3. The lowest BCUT2D eigenvalue weighted by Gasteiger charge is -2.19. The maximum absolute atomic E-state index is 12.4. The van der Waals surface area contributed by atoms with Crippen molar-refractivity contribution < 1.29 is 14.7 Å². The number of aromatic nitrogens is 1. The van der Waals surface area contributed by atoms with Crippen molar-refractivity contribution in [2.75, 3.05) is 11.9 Å². The minimum Gasteiger partial charge on any atom is -0.465 e. The predicted octanol–water partition coefficient (Wildman–Crippen LogP) is 4.18. The molecule has 2 aromatic carbocycles. The van der Waals surface area contributed by atoms with Gasteiger partial charge < -0.3 is 10.4 Å². The van der Waals surface area contributed by atoms with Gasteiger partial charge >= 0.3 is 6.09 Å². The second kappa shape index (κ2) is 6.16.